The normalized spacial score (nSPS) is 18.6. The first-order valence-corrected chi connectivity index (χ1v) is 11.4. The molecule has 2 aliphatic rings. The number of carbonyl (C=O) groups is 2. The number of hydrogen-bond acceptors (Lipinski definition) is 3. The largest absolute Gasteiger partial charge is 0.478 e. The molecule has 1 unspecified atom stereocenters. The standard InChI is InChI=1S/C24H27N.C4H4O4/c1-3-9-21(10-4-1)23-14-16-25(17-15-23)19-20-8-7-13-24(18-20)22-11-5-2-6-12-22;5-3(6)1-2-4(7)8/h1-6,9-14,20H,7-8,15-19H2;1-2H,(H,5,6)(H,7,8). The Bertz CT molecular complexity index is 993. The highest BCUT2D eigenvalue weighted by Gasteiger charge is 2.21. The van der Waals surface area contributed by atoms with Gasteiger partial charge in [-0.15, -0.1) is 0 Å². The third kappa shape index (κ3) is 8.20. The van der Waals surface area contributed by atoms with Crippen LogP contribution in [-0.2, 0) is 9.59 Å². The lowest BCUT2D eigenvalue weighted by Gasteiger charge is -2.32. The molecule has 0 fully saturated rings. The first kappa shape index (κ1) is 24.2. The number of carboxylic acid groups (broad SMARTS) is 2. The lowest BCUT2D eigenvalue weighted by atomic mass is 9.85. The number of allylic oxidation sites excluding steroid dienone is 2. The number of benzene rings is 2. The third-order valence-corrected chi connectivity index (χ3v) is 5.94. The minimum Gasteiger partial charge on any atom is -0.478 e. The Hall–Kier alpha value is -3.44. The number of carboxylic acids is 2. The molecule has 0 saturated carbocycles. The fourth-order valence-electron chi connectivity index (χ4n) is 4.33. The molecule has 5 nitrogen and oxygen atoms in total. The quantitative estimate of drug-likeness (QED) is 0.585. The minimum absolute atomic E-state index is 0.558. The van der Waals surface area contributed by atoms with E-state index in [1.54, 1.807) is 5.57 Å². The Morgan fingerprint density at radius 1 is 0.848 bits per heavy atom. The first-order valence-electron chi connectivity index (χ1n) is 11.4. The average molecular weight is 446 g/mol. The first-order chi connectivity index (χ1) is 16.0. The number of rotatable bonds is 6. The Morgan fingerprint density at radius 2 is 1.42 bits per heavy atom. The topological polar surface area (TPSA) is 77.8 Å². The van der Waals surface area contributed by atoms with Crippen LogP contribution in [0.15, 0.2) is 85.0 Å². The summed E-state index contributed by atoms with van der Waals surface area (Å²) < 4.78 is 0. The van der Waals surface area contributed by atoms with Crippen molar-refractivity contribution >= 4 is 23.1 Å². The lowest BCUT2D eigenvalue weighted by Crippen LogP contribution is -2.33. The van der Waals surface area contributed by atoms with E-state index in [1.165, 1.54) is 55.5 Å². The summed E-state index contributed by atoms with van der Waals surface area (Å²) in [7, 11) is 0. The fraction of sp³-hybridized carbons (Fsp3) is 0.286. The van der Waals surface area contributed by atoms with E-state index in [0.717, 1.165) is 12.5 Å². The van der Waals surface area contributed by atoms with Gasteiger partial charge in [-0.1, -0.05) is 72.8 Å². The van der Waals surface area contributed by atoms with E-state index in [2.05, 4.69) is 77.7 Å². The summed E-state index contributed by atoms with van der Waals surface area (Å²) in [6, 6.07) is 21.8. The van der Waals surface area contributed by atoms with Crippen LogP contribution in [0.5, 0.6) is 0 Å². The second-order valence-electron chi connectivity index (χ2n) is 8.36. The van der Waals surface area contributed by atoms with Gasteiger partial charge in [0, 0.05) is 31.8 Å². The predicted octanol–water partition coefficient (Wildman–Crippen LogP) is 5.37. The summed E-state index contributed by atoms with van der Waals surface area (Å²) in [6.07, 6.45) is 11.0. The summed E-state index contributed by atoms with van der Waals surface area (Å²) in [6.45, 7) is 3.54. The highest BCUT2D eigenvalue weighted by molar-refractivity contribution is 5.89. The highest BCUT2D eigenvalue weighted by Crippen LogP contribution is 2.32. The van der Waals surface area contributed by atoms with Gasteiger partial charge in [0.15, 0.2) is 0 Å². The minimum atomic E-state index is -1.26. The molecule has 5 heteroatoms. The Labute approximate surface area is 195 Å². The van der Waals surface area contributed by atoms with Crippen molar-refractivity contribution in [1.82, 2.24) is 4.90 Å². The van der Waals surface area contributed by atoms with Crippen LogP contribution >= 0.6 is 0 Å². The van der Waals surface area contributed by atoms with Gasteiger partial charge in [-0.3, -0.25) is 4.90 Å². The SMILES string of the molecule is C1=C(c2ccccc2)CCN(CC2CCC=C(c3ccccc3)C2)C1.O=C(O)C=CC(=O)O. The van der Waals surface area contributed by atoms with Gasteiger partial charge in [0.1, 0.15) is 0 Å². The molecule has 1 heterocycles. The van der Waals surface area contributed by atoms with Gasteiger partial charge in [0.25, 0.3) is 0 Å². The van der Waals surface area contributed by atoms with Crippen LogP contribution in [0.1, 0.15) is 36.8 Å². The molecule has 0 radical (unpaired) electrons. The number of nitrogens with zero attached hydrogens (tertiary/aromatic N) is 1. The van der Waals surface area contributed by atoms with Crippen molar-refractivity contribution in [2.24, 2.45) is 5.92 Å². The van der Waals surface area contributed by atoms with E-state index in [4.69, 9.17) is 10.2 Å². The van der Waals surface area contributed by atoms with Crippen molar-refractivity contribution in [3.8, 4) is 0 Å². The molecular formula is C28H31NO4. The maximum atomic E-state index is 9.55. The van der Waals surface area contributed by atoms with Crippen molar-refractivity contribution in [1.29, 1.82) is 0 Å². The lowest BCUT2D eigenvalue weighted by molar-refractivity contribution is -0.134. The average Bonchev–Trinajstić information content (AvgIpc) is 2.85. The second-order valence-corrected chi connectivity index (χ2v) is 8.36. The molecule has 2 N–H and O–H groups in total. The number of aliphatic carboxylic acids is 2. The van der Waals surface area contributed by atoms with Crippen molar-refractivity contribution in [3.05, 3.63) is 96.1 Å². The molecule has 1 aliphatic heterocycles. The molecule has 33 heavy (non-hydrogen) atoms. The second kappa shape index (κ2) is 12.6. The molecule has 4 rings (SSSR count). The summed E-state index contributed by atoms with van der Waals surface area (Å²) in [5, 5.41) is 15.6. The van der Waals surface area contributed by atoms with Crippen LogP contribution in [0.2, 0.25) is 0 Å². The predicted molar refractivity (Wildman–Crippen MR) is 132 cm³/mol. The zero-order chi connectivity index (χ0) is 23.5. The van der Waals surface area contributed by atoms with Gasteiger partial charge in [-0.2, -0.15) is 0 Å². The van der Waals surface area contributed by atoms with Crippen molar-refractivity contribution < 1.29 is 19.8 Å². The van der Waals surface area contributed by atoms with Crippen LogP contribution in [0, 0.1) is 5.92 Å². The molecule has 2 aromatic rings. The Kier molecular flexibility index (Phi) is 9.21. The zero-order valence-corrected chi connectivity index (χ0v) is 18.8. The van der Waals surface area contributed by atoms with Crippen molar-refractivity contribution in [2.45, 2.75) is 25.7 Å². The molecule has 0 bridgehead atoms. The van der Waals surface area contributed by atoms with E-state index in [9.17, 15) is 9.59 Å². The maximum Gasteiger partial charge on any atom is 0.328 e. The summed E-state index contributed by atoms with van der Waals surface area (Å²) >= 11 is 0. The van der Waals surface area contributed by atoms with Crippen molar-refractivity contribution in [3.63, 3.8) is 0 Å². The smallest absolute Gasteiger partial charge is 0.328 e. The van der Waals surface area contributed by atoms with Gasteiger partial charge in [0.05, 0.1) is 0 Å². The van der Waals surface area contributed by atoms with Gasteiger partial charge in [-0.25, -0.2) is 9.59 Å². The van der Waals surface area contributed by atoms with Gasteiger partial charge < -0.3 is 10.2 Å². The fourth-order valence-corrected chi connectivity index (χ4v) is 4.33. The van der Waals surface area contributed by atoms with E-state index >= 15 is 0 Å². The van der Waals surface area contributed by atoms with Gasteiger partial charge >= 0.3 is 11.9 Å². The van der Waals surface area contributed by atoms with Crippen LogP contribution < -0.4 is 0 Å². The van der Waals surface area contributed by atoms with Crippen molar-refractivity contribution in [2.75, 3.05) is 19.6 Å². The van der Waals surface area contributed by atoms with Crippen LogP contribution in [-0.4, -0.2) is 46.7 Å². The molecular weight excluding hydrogens is 414 g/mol. The highest BCUT2D eigenvalue weighted by atomic mass is 16.4. The van der Waals surface area contributed by atoms with Gasteiger partial charge in [0.2, 0.25) is 0 Å². The molecule has 0 spiro atoms. The molecule has 2 aromatic carbocycles. The molecule has 0 amide bonds. The zero-order valence-electron chi connectivity index (χ0n) is 18.8. The molecule has 0 saturated heterocycles. The summed E-state index contributed by atoms with van der Waals surface area (Å²) in [5.74, 6) is -1.72. The van der Waals surface area contributed by atoms with Crippen LogP contribution in [0.25, 0.3) is 11.1 Å². The Balaban J connectivity index is 0.000000331. The molecule has 1 atom stereocenters. The number of hydrogen-bond donors (Lipinski definition) is 2. The molecule has 172 valence electrons. The monoisotopic (exact) mass is 445 g/mol. The van der Waals surface area contributed by atoms with E-state index in [-0.39, 0.29) is 0 Å². The van der Waals surface area contributed by atoms with Crippen LogP contribution in [0.4, 0.5) is 0 Å². The molecule has 0 aromatic heterocycles. The van der Waals surface area contributed by atoms with E-state index in [0.29, 0.717) is 12.2 Å². The maximum absolute atomic E-state index is 9.55. The summed E-state index contributed by atoms with van der Waals surface area (Å²) in [5.41, 5.74) is 5.88. The molecule has 1 aliphatic carbocycles. The summed E-state index contributed by atoms with van der Waals surface area (Å²) in [4.78, 5) is 21.8. The third-order valence-electron chi connectivity index (χ3n) is 5.94. The van der Waals surface area contributed by atoms with Gasteiger partial charge in [-0.05, 0) is 53.9 Å². The Morgan fingerprint density at radius 3 is 1.94 bits per heavy atom. The van der Waals surface area contributed by atoms with E-state index < -0.39 is 11.9 Å². The van der Waals surface area contributed by atoms with E-state index in [1.807, 2.05) is 0 Å². The van der Waals surface area contributed by atoms with Crippen LogP contribution in [0.3, 0.4) is 0 Å².